The van der Waals surface area contributed by atoms with Crippen molar-refractivity contribution in [2.45, 2.75) is 58.3 Å². The number of esters is 1. The lowest BCUT2D eigenvalue weighted by Gasteiger charge is -2.29. The molecule has 2 aliphatic rings. The summed E-state index contributed by atoms with van der Waals surface area (Å²) in [6.07, 6.45) is 0.496. The fourth-order valence-electron chi connectivity index (χ4n) is 4.71. The molecule has 1 atom stereocenters. The van der Waals surface area contributed by atoms with Crippen molar-refractivity contribution in [2.24, 2.45) is 0 Å². The first kappa shape index (κ1) is 29.3. The number of benzene rings is 2. The van der Waals surface area contributed by atoms with Gasteiger partial charge in [-0.15, -0.1) is 0 Å². The molecule has 1 unspecified atom stereocenters. The normalized spacial score (nSPS) is 16.5. The number of likely N-dealkylation sites (N-methyl/N-ethyl adjacent to an activating group) is 1. The Morgan fingerprint density at radius 2 is 1.90 bits per heavy atom. The number of rotatable bonds is 8. The molecule has 0 saturated carbocycles. The van der Waals surface area contributed by atoms with Crippen molar-refractivity contribution in [3.8, 4) is 0 Å². The predicted octanol–water partition coefficient (Wildman–Crippen LogP) is 3.10. The number of hydrogen-bond donors (Lipinski definition) is 3. The van der Waals surface area contributed by atoms with Crippen molar-refractivity contribution in [1.82, 2.24) is 15.5 Å². The van der Waals surface area contributed by atoms with Crippen molar-refractivity contribution >= 4 is 41.1 Å². The van der Waals surface area contributed by atoms with Crippen LogP contribution >= 0.6 is 0 Å². The van der Waals surface area contributed by atoms with Gasteiger partial charge in [0.15, 0.2) is 0 Å². The number of nitrogens with one attached hydrogen (secondary N) is 3. The van der Waals surface area contributed by atoms with Crippen molar-refractivity contribution in [1.29, 1.82) is 0 Å². The lowest BCUT2D eigenvalue weighted by Crippen LogP contribution is -2.52. The van der Waals surface area contributed by atoms with Crippen molar-refractivity contribution < 1.29 is 28.7 Å². The number of imide groups is 1. The van der Waals surface area contributed by atoms with E-state index in [4.69, 9.17) is 4.74 Å². The number of carbonyl (C=O) groups excluding carboxylic acids is 5. The Morgan fingerprint density at radius 1 is 1.15 bits per heavy atom. The molecule has 0 bridgehead atoms. The van der Waals surface area contributed by atoms with Crippen LogP contribution in [0.5, 0.6) is 0 Å². The molecule has 0 aromatic heterocycles. The summed E-state index contributed by atoms with van der Waals surface area (Å²) in [4.78, 5) is 64.8. The molecule has 1 fully saturated rings. The van der Waals surface area contributed by atoms with E-state index in [0.717, 1.165) is 16.8 Å². The minimum absolute atomic E-state index is 0.196. The molecule has 216 valence electrons. The van der Waals surface area contributed by atoms with Gasteiger partial charge in [-0.3, -0.25) is 19.7 Å². The smallest absolute Gasteiger partial charge is 0.335 e. The Labute approximate surface area is 238 Å². The Morgan fingerprint density at radius 3 is 2.61 bits per heavy atom. The number of fused-ring (bicyclic) bond motifs is 1. The third-order valence-electron chi connectivity index (χ3n) is 6.70. The second kappa shape index (κ2) is 11.8. The second-order valence-electron chi connectivity index (χ2n) is 11.2. The zero-order valence-corrected chi connectivity index (χ0v) is 23.7. The zero-order chi connectivity index (χ0) is 29.9. The summed E-state index contributed by atoms with van der Waals surface area (Å²) in [5.74, 6) is -1.49. The van der Waals surface area contributed by atoms with E-state index in [1.807, 2.05) is 24.1 Å². The van der Waals surface area contributed by atoms with E-state index in [0.29, 0.717) is 23.2 Å². The van der Waals surface area contributed by atoms with Gasteiger partial charge in [-0.05, 0) is 62.6 Å². The summed E-state index contributed by atoms with van der Waals surface area (Å²) in [6.45, 7) is 9.98. The van der Waals surface area contributed by atoms with E-state index in [9.17, 15) is 24.0 Å². The van der Waals surface area contributed by atoms with E-state index in [1.165, 1.54) is 4.90 Å². The fraction of sp³-hybridized carbons (Fsp3) is 0.367. The number of urea groups is 1. The molecule has 0 spiro atoms. The van der Waals surface area contributed by atoms with Gasteiger partial charge in [-0.1, -0.05) is 24.8 Å². The maximum Gasteiger partial charge on any atom is 0.335 e. The van der Waals surface area contributed by atoms with Crippen LogP contribution in [-0.4, -0.2) is 59.9 Å². The van der Waals surface area contributed by atoms with Crippen LogP contribution in [0.2, 0.25) is 0 Å². The SMILES string of the molecule is C=C(CN(C)c1cccc(NC(=O)NCc2ccc3c(c2)CN(C2CCC(=O)NC2=O)C3=O)c1)C(=O)OC(C)(C)C. The first-order valence-corrected chi connectivity index (χ1v) is 13.3. The average molecular weight is 562 g/mol. The van der Waals surface area contributed by atoms with Crippen LogP contribution < -0.4 is 20.9 Å². The van der Waals surface area contributed by atoms with Gasteiger partial charge in [-0.25, -0.2) is 9.59 Å². The Kier molecular flexibility index (Phi) is 8.46. The molecule has 0 aliphatic carbocycles. The van der Waals surface area contributed by atoms with Crippen LogP contribution in [0, 0.1) is 0 Å². The topological polar surface area (TPSA) is 137 Å². The molecule has 2 aromatic rings. The number of hydrogen-bond acceptors (Lipinski definition) is 7. The molecule has 11 nitrogen and oxygen atoms in total. The van der Waals surface area contributed by atoms with Crippen LogP contribution in [0.15, 0.2) is 54.6 Å². The Hall–Kier alpha value is -4.67. The number of carbonyl (C=O) groups is 5. The van der Waals surface area contributed by atoms with E-state index in [-0.39, 0.29) is 37.9 Å². The third-order valence-corrected chi connectivity index (χ3v) is 6.70. The van der Waals surface area contributed by atoms with Gasteiger partial charge >= 0.3 is 12.0 Å². The average Bonchev–Trinajstić information content (AvgIpc) is 3.21. The van der Waals surface area contributed by atoms with Gasteiger partial charge in [0.1, 0.15) is 11.6 Å². The Bertz CT molecular complexity index is 1410. The summed E-state index contributed by atoms with van der Waals surface area (Å²) in [7, 11) is 1.81. The van der Waals surface area contributed by atoms with Gasteiger partial charge in [0.2, 0.25) is 11.8 Å². The number of anilines is 2. The molecule has 1 saturated heterocycles. The summed E-state index contributed by atoms with van der Waals surface area (Å²) < 4.78 is 5.37. The summed E-state index contributed by atoms with van der Waals surface area (Å²) >= 11 is 0. The number of nitrogens with zero attached hydrogens (tertiary/aromatic N) is 2. The molecule has 5 amide bonds. The monoisotopic (exact) mass is 561 g/mol. The minimum Gasteiger partial charge on any atom is -0.457 e. The van der Waals surface area contributed by atoms with Gasteiger partial charge in [-0.2, -0.15) is 0 Å². The highest BCUT2D eigenvalue weighted by molar-refractivity contribution is 6.05. The van der Waals surface area contributed by atoms with Gasteiger partial charge in [0, 0.05) is 55.6 Å². The largest absolute Gasteiger partial charge is 0.457 e. The molecule has 11 heteroatoms. The predicted molar refractivity (Wildman–Crippen MR) is 153 cm³/mol. The van der Waals surface area contributed by atoms with Crippen molar-refractivity contribution in [2.75, 3.05) is 23.8 Å². The summed E-state index contributed by atoms with van der Waals surface area (Å²) in [5.41, 5.74) is 3.12. The van der Waals surface area contributed by atoms with Crippen molar-refractivity contribution in [3.63, 3.8) is 0 Å². The first-order chi connectivity index (χ1) is 19.3. The second-order valence-corrected chi connectivity index (χ2v) is 11.2. The molecule has 2 aliphatic heterocycles. The van der Waals surface area contributed by atoms with E-state index in [2.05, 4.69) is 22.5 Å². The first-order valence-electron chi connectivity index (χ1n) is 13.3. The van der Waals surface area contributed by atoms with Crippen LogP contribution in [0.25, 0.3) is 0 Å². The van der Waals surface area contributed by atoms with Gasteiger partial charge in [0.05, 0.1) is 0 Å². The molecule has 2 aromatic carbocycles. The molecule has 2 heterocycles. The molecular weight excluding hydrogens is 526 g/mol. The number of amides is 5. The highest BCUT2D eigenvalue weighted by Crippen LogP contribution is 2.28. The lowest BCUT2D eigenvalue weighted by atomic mass is 10.0. The highest BCUT2D eigenvalue weighted by Gasteiger charge is 2.39. The number of ether oxygens (including phenoxy) is 1. The standard InChI is InChI=1S/C30H35N5O6/c1-18(28(39)41-30(2,3)4)16-34(5)22-8-6-7-21(14-22)32-29(40)31-15-19-9-10-23-20(13-19)17-35(27(23)38)24-11-12-25(36)33-26(24)37/h6-10,13-14,24H,1,11-12,15-17H2,2-5H3,(H2,31,32,40)(H,33,36,37). The van der Waals surface area contributed by atoms with Gasteiger partial charge in [0.25, 0.3) is 5.91 Å². The van der Waals surface area contributed by atoms with Crippen molar-refractivity contribution in [3.05, 3.63) is 71.3 Å². The van der Waals surface area contributed by atoms with Crippen LogP contribution in [0.1, 0.15) is 55.1 Å². The van der Waals surface area contributed by atoms with Crippen LogP contribution in [0.3, 0.4) is 0 Å². The Balaban J connectivity index is 1.31. The minimum atomic E-state index is -0.676. The maximum absolute atomic E-state index is 12.9. The highest BCUT2D eigenvalue weighted by atomic mass is 16.6. The van der Waals surface area contributed by atoms with Gasteiger partial charge < -0.3 is 25.2 Å². The molecule has 4 rings (SSSR count). The molecule has 41 heavy (non-hydrogen) atoms. The van der Waals surface area contributed by atoms with E-state index >= 15 is 0 Å². The molecule has 3 N–H and O–H groups in total. The zero-order valence-electron chi connectivity index (χ0n) is 23.7. The van der Waals surface area contributed by atoms with E-state index < -0.39 is 29.6 Å². The maximum atomic E-state index is 12.9. The molecule has 0 radical (unpaired) electrons. The third kappa shape index (κ3) is 7.30. The summed E-state index contributed by atoms with van der Waals surface area (Å²) in [6, 6.07) is 11.4. The van der Waals surface area contributed by atoms with Crippen LogP contribution in [0.4, 0.5) is 16.2 Å². The quantitative estimate of drug-likeness (QED) is 0.256. The van der Waals surface area contributed by atoms with Crippen LogP contribution in [-0.2, 0) is 32.2 Å². The molecular formula is C30H35N5O6. The number of piperidine rings is 1. The fourth-order valence-corrected chi connectivity index (χ4v) is 4.71. The van der Waals surface area contributed by atoms with E-state index in [1.54, 1.807) is 51.1 Å². The summed E-state index contributed by atoms with van der Waals surface area (Å²) in [5, 5.41) is 7.92. The lowest BCUT2D eigenvalue weighted by molar-refractivity contribution is -0.149.